The summed E-state index contributed by atoms with van der Waals surface area (Å²) in [7, 11) is 0. The summed E-state index contributed by atoms with van der Waals surface area (Å²) in [5.74, 6) is 0.519. The van der Waals surface area contributed by atoms with Crippen LogP contribution in [0.25, 0.3) is 0 Å². The molecule has 0 spiro atoms. The third-order valence-corrected chi connectivity index (χ3v) is 9.87. The van der Waals surface area contributed by atoms with Crippen LogP contribution in [0.4, 0.5) is 5.69 Å². The largest absolute Gasteiger partial charge is 0.384 e. The summed E-state index contributed by atoms with van der Waals surface area (Å²) < 4.78 is 0. The van der Waals surface area contributed by atoms with Crippen LogP contribution in [0.2, 0.25) is 10.0 Å². The van der Waals surface area contributed by atoms with Crippen molar-refractivity contribution >= 4 is 46.4 Å². The zero-order valence-electron chi connectivity index (χ0n) is 23.9. The first-order valence-electron chi connectivity index (χ1n) is 13.6. The van der Waals surface area contributed by atoms with Crippen LogP contribution < -0.4 is 10.6 Å². The van der Waals surface area contributed by atoms with Gasteiger partial charge in [-0.15, -0.1) is 11.8 Å². The Hall–Kier alpha value is -3.17. The average Bonchev–Trinajstić information content (AvgIpc) is 2.90. The Morgan fingerprint density at radius 2 is 1.76 bits per heavy atom. The number of hydrogen-bond donors (Lipinski definition) is 1. The van der Waals surface area contributed by atoms with Gasteiger partial charge in [0.1, 0.15) is 5.82 Å². The predicted octanol–water partition coefficient (Wildman–Crippen LogP) is 9.15. The first kappa shape index (κ1) is 29.3. The molecule has 5 rings (SSSR count). The molecule has 1 atom stereocenters. The van der Waals surface area contributed by atoms with Crippen LogP contribution in [0.5, 0.6) is 0 Å². The van der Waals surface area contributed by atoms with Crippen molar-refractivity contribution in [2.24, 2.45) is 11.1 Å². The number of allylic oxidation sites excluding steroid dienone is 3. The van der Waals surface area contributed by atoms with E-state index in [2.05, 4.69) is 70.2 Å². The van der Waals surface area contributed by atoms with Crippen molar-refractivity contribution in [3.8, 4) is 6.07 Å². The first-order valence-corrected chi connectivity index (χ1v) is 15.4. The molecule has 2 aliphatic rings. The van der Waals surface area contributed by atoms with E-state index in [9.17, 15) is 10.1 Å². The maximum absolute atomic E-state index is 14.0. The van der Waals surface area contributed by atoms with Crippen LogP contribution in [0.15, 0.2) is 82.2 Å². The third-order valence-electron chi connectivity index (χ3n) is 8.00. The Kier molecular flexibility index (Phi) is 8.05. The van der Waals surface area contributed by atoms with Crippen molar-refractivity contribution < 1.29 is 4.79 Å². The molecule has 0 saturated carbocycles. The number of benzene rings is 3. The molecule has 0 saturated heterocycles. The lowest BCUT2D eigenvalue weighted by atomic mass is 9.68. The number of nitrogens with two attached hydrogens (primary N) is 1. The Labute approximate surface area is 256 Å². The van der Waals surface area contributed by atoms with E-state index >= 15 is 0 Å². The summed E-state index contributed by atoms with van der Waals surface area (Å²) in [6, 6.07) is 20.5. The first-order chi connectivity index (χ1) is 19.4. The number of ketones is 1. The molecule has 7 heteroatoms. The van der Waals surface area contributed by atoms with Gasteiger partial charge in [0.05, 0.1) is 33.3 Å². The third kappa shape index (κ3) is 5.54. The van der Waals surface area contributed by atoms with Crippen LogP contribution in [-0.2, 0) is 10.5 Å². The van der Waals surface area contributed by atoms with E-state index < -0.39 is 5.92 Å². The summed E-state index contributed by atoms with van der Waals surface area (Å²) in [6.07, 6.45) is 0.993. The number of hydrogen-bond acceptors (Lipinski definition) is 5. The number of thioether (sulfide) groups is 1. The Balaban J connectivity index is 1.68. The lowest BCUT2D eigenvalue weighted by molar-refractivity contribution is -0.118. The van der Waals surface area contributed by atoms with Crippen LogP contribution in [0.3, 0.4) is 0 Å². The van der Waals surface area contributed by atoms with Crippen molar-refractivity contribution in [3.05, 3.63) is 115 Å². The smallest absolute Gasteiger partial charge is 0.162 e. The summed E-state index contributed by atoms with van der Waals surface area (Å²) in [6.45, 7) is 10.4. The maximum Gasteiger partial charge on any atom is 0.162 e. The Morgan fingerprint density at radius 3 is 2.44 bits per heavy atom. The molecule has 41 heavy (non-hydrogen) atoms. The maximum atomic E-state index is 14.0. The quantitative estimate of drug-likeness (QED) is 0.295. The van der Waals surface area contributed by atoms with Crippen LogP contribution in [0, 0.1) is 37.5 Å². The van der Waals surface area contributed by atoms with Crippen molar-refractivity contribution in [3.63, 3.8) is 0 Å². The lowest BCUT2D eigenvalue weighted by Crippen LogP contribution is -2.42. The lowest BCUT2D eigenvalue weighted by Gasteiger charge is -2.44. The molecule has 210 valence electrons. The van der Waals surface area contributed by atoms with E-state index in [1.165, 1.54) is 16.0 Å². The molecular weight excluding hydrogens is 569 g/mol. The van der Waals surface area contributed by atoms with Crippen molar-refractivity contribution in [2.75, 3.05) is 4.90 Å². The van der Waals surface area contributed by atoms with Gasteiger partial charge < -0.3 is 5.73 Å². The minimum Gasteiger partial charge on any atom is -0.384 e. The molecule has 1 unspecified atom stereocenters. The molecule has 0 bridgehead atoms. The normalized spacial score (nSPS) is 18.4. The molecule has 0 radical (unpaired) electrons. The minimum atomic E-state index is -0.559. The summed E-state index contributed by atoms with van der Waals surface area (Å²) in [4.78, 5) is 17.0. The molecule has 1 aliphatic heterocycles. The second-order valence-corrected chi connectivity index (χ2v) is 13.6. The SMILES string of the molecule is Cc1ccc(SCc2cc(C3C(C#N)=C(N)N(c4cccc(Cl)c4Cl)C4=C3C(=O)CC(C)(C)C4)c(C)cc2C)cc1. The fraction of sp³-hybridized carbons (Fsp3) is 0.294. The zero-order chi connectivity index (χ0) is 29.6. The number of anilines is 1. The zero-order valence-corrected chi connectivity index (χ0v) is 26.3. The Bertz CT molecular complexity index is 1660. The summed E-state index contributed by atoms with van der Waals surface area (Å²) in [5.41, 5.74) is 14.4. The highest BCUT2D eigenvalue weighted by Gasteiger charge is 2.45. The highest BCUT2D eigenvalue weighted by atomic mass is 35.5. The number of nitrogens with zero attached hydrogens (tertiary/aromatic N) is 2. The van der Waals surface area contributed by atoms with E-state index in [0.29, 0.717) is 39.7 Å². The second-order valence-electron chi connectivity index (χ2n) is 11.8. The molecule has 1 aliphatic carbocycles. The standard InChI is InChI=1S/C34H33Cl2N3OS/c1-19-9-11-23(12-10-19)41-18-22-14-24(21(3)13-20(22)2)30-25(17-37)33(38)39(27-8-6-7-26(35)32(27)36)28-15-34(4,5)16-29(40)31(28)30/h6-14,30H,15-16,18,38H2,1-5H3. The van der Waals surface area contributed by atoms with Crippen molar-refractivity contribution in [1.29, 1.82) is 5.26 Å². The molecule has 0 aromatic heterocycles. The molecule has 1 heterocycles. The minimum absolute atomic E-state index is 0.0280. The van der Waals surface area contributed by atoms with E-state index in [4.69, 9.17) is 28.9 Å². The van der Waals surface area contributed by atoms with E-state index in [1.54, 1.807) is 28.8 Å². The van der Waals surface area contributed by atoms with Gasteiger partial charge in [-0.25, -0.2) is 0 Å². The number of Topliss-reactive ketones (excluding diaryl/α,β-unsaturated/α-hetero) is 1. The van der Waals surface area contributed by atoms with Gasteiger partial charge in [0.2, 0.25) is 0 Å². The number of rotatable bonds is 5. The van der Waals surface area contributed by atoms with Crippen molar-refractivity contribution in [2.45, 2.75) is 64.0 Å². The Morgan fingerprint density at radius 1 is 1.05 bits per heavy atom. The molecule has 3 aromatic carbocycles. The molecular formula is C34H33Cl2N3OS. The number of carbonyl (C=O) groups is 1. The van der Waals surface area contributed by atoms with Crippen LogP contribution >= 0.6 is 35.0 Å². The van der Waals surface area contributed by atoms with Gasteiger partial charge in [0.25, 0.3) is 0 Å². The van der Waals surface area contributed by atoms with Gasteiger partial charge in [-0.1, -0.05) is 72.9 Å². The fourth-order valence-corrected chi connectivity index (χ4v) is 7.28. The van der Waals surface area contributed by atoms with Crippen LogP contribution in [-0.4, -0.2) is 5.78 Å². The highest BCUT2D eigenvalue weighted by Crippen LogP contribution is 2.52. The second kappa shape index (κ2) is 11.2. The molecule has 3 aromatic rings. The summed E-state index contributed by atoms with van der Waals surface area (Å²) in [5, 5.41) is 11.3. The topological polar surface area (TPSA) is 70.1 Å². The summed E-state index contributed by atoms with van der Waals surface area (Å²) >= 11 is 14.9. The van der Waals surface area contributed by atoms with Gasteiger partial charge in [-0.2, -0.15) is 5.26 Å². The number of nitriles is 1. The molecule has 0 amide bonds. The number of halogens is 2. The monoisotopic (exact) mass is 601 g/mol. The molecule has 0 fully saturated rings. The van der Waals surface area contributed by atoms with E-state index in [-0.39, 0.29) is 17.0 Å². The fourth-order valence-electron chi connectivity index (χ4n) is 5.94. The van der Waals surface area contributed by atoms with Gasteiger partial charge in [-0.3, -0.25) is 9.69 Å². The van der Waals surface area contributed by atoms with Gasteiger partial charge in [0.15, 0.2) is 5.78 Å². The van der Waals surface area contributed by atoms with Gasteiger partial charge in [-0.05, 0) is 79.1 Å². The van der Waals surface area contributed by atoms with E-state index in [1.807, 2.05) is 13.0 Å². The number of carbonyl (C=O) groups excluding carboxylic acids is 1. The van der Waals surface area contributed by atoms with Crippen molar-refractivity contribution in [1.82, 2.24) is 0 Å². The molecule has 4 nitrogen and oxygen atoms in total. The van der Waals surface area contributed by atoms with Gasteiger partial charge in [0, 0.05) is 28.3 Å². The molecule has 2 N–H and O–H groups in total. The van der Waals surface area contributed by atoms with Crippen LogP contribution in [0.1, 0.15) is 60.4 Å². The highest BCUT2D eigenvalue weighted by molar-refractivity contribution is 7.98. The van der Waals surface area contributed by atoms with Gasteiger partial charge >= 0.3 is 0 Å². The number of aryl methyl sites for hydroxylation is 3. The van der Waals surface area contributed by atoms with E-state index in [0.717, 1.165) is 28.1 Å². The predicted molar refractivity (Wildman–Crippen MR) is 170 cm³/mol. The average molecular weight is 603 g/mol.